The molecule has 2 aromatic rings. The second-order valence-corrected chi connectivity index (χ2v) is 9.84. The normalized spacial score (nSPS) is 20.8. The first kappa shape index (κ1) is 24.1. The van der Waals surface area contributed by atoms with Gasteiger partial charge in [0.25, 0.3) is 5.91 Å². The molecule has 3 amide bonds. The number of nitrogen functional groups attached to an aromatic ring is 1. The molecule has 0 aliphatic carbocycles. The van der Waals surface area contributed by atoms with Gasteiger partial charge in [0.2, 0.25) is 11.8 Å². The number of rotatable bonds is 5. The van der Waals surface area contributed by atoms with Gasteiger partial charge in [0.1, 0.15) is 29.3 Å². The van der Waals surface area contributed by atoms with Crippen molar-refractivity contribution in [2.45, 2.75) is 57.8 Å². The number of carbonyl (C=O) groups excluding carboxylic acids is 3. The fourth-order valence-corrected chi connectivity index (χ4v) is 5.50. The van der Waals surface area contributed by atoms with Crippen LogP contribution in [-0.2, 0) is 22.7 Å². The van der Waals surface area contributed by atoms with Gasteiger partial charge in [0, 0.05) is 44.7 Å². The predicted octanol–water partition coefficient (Wildman–Crippen LogP) is 1.37. The van der Waals surface area contributed by atoms with Crippen LogP contribution in [0.15, 0.2) is 18.2 Å². The van der Waals surface area contributed by atoms with Gasteiger partial charge in [0.05, 0.1) is 5.56 Å². The highest BCUT2D eigenvalue weighted by atomic mass is 19.1. The summed E-state index contributed by atoms with van der Waals surface area (Å²) in [6.07, 6.45) is 2.27. The Morgan fingerprint density at radius 2 is 1.89 bits per heavy atom. The number of benzene rings is 1. The van der Waals surface area contributed by atoms with Crippen LogP contribution in [0.25, 0.3) is 0 Å². The number of aryl methyl sites for hydroxylation is 1. The summed E-state index contributed by atoms with van der Waals surface area (Å²) < 4.78 is 15.0. The molecule has 0 saturated carbocycles. The van der Waals surface area contributed by atoms with E-state index < -0.39 is 23.7 Å². The molecule has 3 aliphatic rings. The van der Waals surface area contributed by atoms with Crippen molar-refractivity contribution in [2.75, 3.05) is 30.8 Å². The topological polar surface area (TPSA) is 125 Å². The SMILES string of the molecule is Cc1nc(N)cc(N2CCC(N(C)Cc3cc(F)c4c(c3)CN(C3CCC(=O)NC3=O)C4=O)CC2)n1. The van der Waals surface area contributed by atoms with Crippen molar-refractivity contribution < 1.29 is 18.8 Å². The third kappa shape index (κ3) is 4.62. The van der Waals surface area contributed by atoms with Crippen LogP contribution in [0.1, 0.15) is 53.0 Å². The second-order valence-electron chi connectivity index (χ2n) is 9.84. The van der Waals surface area contributed by atoms with E-state index >= 15 is 4.39 Å². The van der Waals surface area contributed by atoms with Crippen LogP contribution in [0.5, 0.6) is 0 Å². The van der Waals surface area contributed by atoms with Gasteiger partial charge in [-0.3, -0.25) is 24.6 Å². The lowest BCUT2D eigenvalue weighted by molar-refractivity contribution is -0.136. The summed E-state index contributed by atoms with van der Waals surface area (Å²) >= 11 is 0. The van der Waals surface area contributed by atoms with Crippen LogP contribution in [0.3, 0.4) is 0 Å². The van der Waals surface area contributed by atoms with Crippen LogP contribution in [0, 0.1) is 12.7 Å². The molecule has 3 N–H and O–H groups in total. The maximum atomic E-state index is 15.0. The lowest BCUT2D eigenvalue weighted by Crippen LogP contribution is -2.52. The van der Waals surface area contributed by atoms with Gasteiger partial charge in [-0.05, 0) is 50.4 Å². The summed E-state index contributed by atoms with van der Waals surface area (Å²) in [5.74, 6) is 0.0413. The summed E-state index contributed by atoms with van der Waals surface area (Å²) in [5, 5.41) is 2.27. The van der Waals surface area contributed by atoms with Crippen LogP contribution < -0.4 is 16.0 Å². The fourth-order valence-electron chi connectivity index (χ4n) is 5.50. The Labute approximate surface area is 208 Å². The summed E-state index contributed by atoms with van der Waals surface area (Å²) in [7, 11) is 2.03. The molecule has 11 heteroatoms. The van der Waals surface area contributed by atoms with Gasteiger partial charge in [-0.1, -0.05) is 6.07 Å². The number of amides is 3. The van der Waals surface area contributed by atoms with Gasteiger partial charge in [-0.2, -0.15) is 0 Å². The van der Waals surface area contributed by atoms with Crippen molar-refractivity contribution in [3.63, 3.8) is 0 Å². The molecule has 3 aliphatic heterocycles. The number of hydrogen-bond acceptors (Lipinski definition) is 8. The maximum Gasteiger partial charge on any atom is 0.258 e. The van der Waals surface area contributed by atoms with E-state index in [-0.39, 0.29) is 30.9 Å². The maximum absolute atomic E-state index is 15.0. The first-order valence-corrected chi connectivity index (χ1v) is 12.2. The van der Waals surface area contributed by atoms with Crippen LogP contribution in [-0.4, -0.2) is 69.7 Å². The number of carbonyl (C=O) groups is 3. The van der Waals surface area contributed by atoms with Gasteiger partial charge in [0.15, 0.2) is 0 Å². The molecule has 0 spiro atoms. The van der Waals surface area contributed by atoms with E-state index in [1.165, 1.54) is 11.0 Å². The first-order chi connectivity index (χ1) is 17.2. The molecule has 4 heterocycles. The minimum Gasteiger partial charge on any atom is -0.384 e. The zero-order chi connectivity index (χ0) is 25.6. The number of fused-ring (bicyclic) bond motifs is 1. The molecule has 36 heavy (non-hydrogen) atoms. The Balaban J connectivity index is 1.23. The molecule has 5 rings (SSSR count). The molecule has 1 atom stereocenters. The molecule has 1 aromatic heterocycles. The smallest absolute Gasteiger partial charge is 0.258 e. The minimum atomic E-state index is -0.757. The van der Waals surface area contributed by atoms with E-state index in [9.17, 15) is 14.4 Å². The molecular formula is C25H30FN7O3. The van der Waals surface area contributed by atoms with Gasteiger partial charge < -0.3 is 15.5 Å². The Hall–Kier alpha value is -3.60. The van der Waals surface area contributed by atoms with Gasteiger partial charge in [-0.25, -0.2) is 14.4 Å². The fraction of sp³-hybridized carbons (Fsp3) is 0.480. The number of piperidine rings is 2. The van der Waals surface area contributed by atoms with Crippen LogP contribution in [0.4, 0.5) is 16.0 Å². The van der Waals surface area contributed by atoms with Crippen LogP contribution in [0.2, 0.25) is 0 Å². The Morgan fingerprint density at radius 1 is 1.14 bits per heavy atom. The summed E-state index contributed by atoms with van der Waals surface area (Å²) in [5.41, 5.74) is 7.27. The minimum absolute atomic E-state index is 0.0267. The van der Waals surface area contributed by atoms with E-state index in [4.69, 9.17) is 5.73 Å². The molecule has 1 aromatic carbocycles. The van der Waals surface area contributed by atoms with Gasteiger partial charge >= 0.3 is 0 Å². The average Bonchev–Trinajstić information content (AvgIpc) is 3.15. The number of nitrogens with two attached hydrogens (primary N) is 1. The third-order valence-corrected chi connectivity index (χ3v) is 7.32. The Morgan fingerprint density at radius 3 is 2.58 bits per heavy atom. The highest BCUT2D eigenvalue weighted by molar-refractivity contribution is 6.05. The quantitative estimate of drug-likeness (QED) is 0.596. The first-order valence-electron chi connectivity index (χ1n) is 12.2. The monoisotopic (exact) mass is 495 g/mol. The zero-order valence-corrected chi connectivity index (χ0v) is 20.5. The number of nitrogens with one attached hydrogen (secondary N) is 1. The highest BCUT2D eigenvalue weighted by Gasteiger charge is 2.40. The zero-order valence-electron chi connectivity index (χ0n) is 20.5. The predicted molar refractivity (Wildman–Crippen MR) is 130 cm³/mol. The molecule has 0 radical (unpaired) electrons. The molecule has 1 unspecified atom stereocenters. The van der Waals surface area contributed by atoms with E-state index in [1.807, 2.05) is 20.0 Å². The lowest BCUT2D eigenvalue weighted by atomic mass is 10.0. The van der Waals surface area contributed by atoms with Crippen molar-refractivity contribution in [3.8, 4) is 0 Å². The molecular weight excluding hydrogens is 465 g/mol. The number of halogens is 1. The number of nitrogens with zero attached hydrogens (tertiary/aromatic N) is 5. The number of imide groups is 1. The molecule has 2 fully saturated rings. The van der Waals surface area contributed by atoms with Crippen molar-refractivity contribution >= 4 is 29.4 Å². The molecule has 2 saturated heterocycles. The summed E-state index contributed by atoms with van der Waals surface area (Å²) in [4.78, 5) is 51.1. The molecule has 190 valence electrons. The van der Waals surface area contributed by atoms with Gasteiger partial charge in [-0.15, -0.1) is 0 Å². The van der Waals surface area contributed by atoms with E-state index in [2.05, 4.69) is 25.1 Å². The standard InChI is InChI=1S/C25H30FN7O3/c1-14-28-20(27)11-21(29-14)32-7-5-17(6-8-32)31(2)12-15-9-16-13-33(25(36)23(16)18(26)10-15)19-3-4-22(34)30-24(19)35/h9-11,17,19H,3-8,12-13H2,1-2H3,(H2,27,28,29)(H,30,34,35). The average molecular weight is 496 g/mol. The Bertz CT molecular complexity index is 1210. The van der Waals surface area contributed by atoms with E-state index in [1.54, 1.807) is 6.07 Å². The van der Waals surface area contributed by atoms with Crippen molar-refractivity contribution in [1.29, 1.82) is 0 Å². The van der Waals surface area contributed by atoms with Crippen molar-refractivity contribution in [1.82, 2.24) is 25.1 Å². The van der Waals surface area contributed by atoms with Crippen LogP contribution >= 0.6 is 0 Å². The highest BCUT2D eigenvalue weighted by Crippen LogP contribution is 2.31. The molecule has 0 bridgehead atoms. The number of hydrogen-bond donors (Lipinski definition) is 2. The summed E-state index contributed by atoms with van der Waals surface area (Å²) in [6, 6.07) is 4.64. The second kappa shape index (κ2) is 9.45. The number of anilines is 2. The van der Waals surface area contributed by atoms with Crippen molar-refractivity contribution in [3.05, 3.63) is 46.5 Å². The Kier molecular flexibility index (Phi) is 6.33. The third-order valence-electron chi connectivity index (χ3n) is 7.32. The van der Waals surface area contributed by atoms with Crippen molar-refractivity contribution in [2.24, 2.45) is 0 Å². The lowest BCUT2D eigenvalue weighted by Gasteiger charge is -2.37. The largest absolute Gasteiger partial charge is 0.384 e. The molecule has 10 nitrogen and oxygen atoms in total. The summed E-state index contributed by atoms with van der Waals surface area (Å²) in [6.45, 7) is 4.20. The van der Waals surface area contributed by atoms with E-state index in [0.29, 0.717) is 29.8 Å². The van der Waals surface area contributed by atoms with E-state index in [0.717, 1.165) is 37.3 Å². The number of aromatic nitrogens is 2.